The molecule has 3 unspecified atom stereocenters. The number of rotatable bonds is 3. The summed E-state index contributed by atoms with van der Waals surface area (Å²) < 4.78 is 32.0. The van der Waals surface area contributed by atoms with E-state index < -0.39 is 10.1 Å². The fourth-order valence-electron chi connectivity index (χ4n) is 8.07. The highest BCUT2D eigenvalue weighted by Gasteiger charge is 2.61. The first-order valence-electron chi connectivity index (χ1n) is 12.2. The van der Waals surface area contributed by atoms with Crippen molar-refractivity contribution in [3.05, 3.63) is 29.8 Å². The van der Waals surface area contributed by atoms with Crippen molar-refractivity contribution in [2.75, 3.05) is 0 Å². The molecule has 0 radical (unpaired) electrons. The molecule has 0 N–H and O–H groups in total. The second-order valence-electron chi connectivity index (χ2n) is 11.4. The van der Waals surface area contributed by atoms with E-state index >= 15 is 0 Å². The predicted molar refractivity (Wildman–Crippen MR) is 120 cm³/mol. The smallest absolute Gasteiger partial charge is 0.297 e. The second-order valence-corrected chi connectivity index (χ2v) is 12.9. The largest absolute Gasteiger partial charge is 0.300 e. The highest BCUT2D eigenvalue weighted by Crippen LogP contribution is 2.66. The van der Waals surface area contributed by atoms with Gasteiger partial charge in [0.05, 0.1) is 11.0 Å². The highest BCUT2D eigenvalue weighted by atomic mass is 32.2. The SMILES string of the molecule is Cc1ccc(S(=O)(=O)O[C@H]2CCC3C4CC[C@H]5CC(=O)CC[C@]5(C)C4CC[C@@]32C)cc1. The maximum Gasteiger partial charge on any atom is 0.297 e. The maximum absolute atomic E-state index is 13.0. The van der Waals surface area contributed by atoms with E-state index in [1.54, 1.807) is 12.1 Å². The van der Waals surface area contributed by atoms with E-state index in [4.69, 9.17) is 4.18 Å². The van der Waals surface area contributed by atoms with Gasteiger partial charge in [0.15, 0.2) is 0 Å². The molecule has 0 aromatic heterocycles. The molecular formula is C26H36O4S. The van der Waals surface area contributed by atoms with Crippen LogP contribution in [0.3, 0.4) is 0 Å². The number of aryl methyl sites for hydroxylation is 1. The Morgan fingerprint density at radius 3 is 2.35 bits per heavy atom. The third-order valence-corrected chi connectivity index (χ3v) is 11.3. The van der Waals surface area contributed by atoms with Gasteiger partial charge in [-0.25, -0.2) is 0 Å². The lowest BCUT2D eigenvalue weighted by molar-refractivity contribution is -0.140. The van der Waals surface area contributed by atoms with Gasteiger partial charge in [-0.2, -0.15) is 8.42 Å². The lowest BCUT2D eigenvalue weighted by atomic mass is 9.45. The Morgan fingerprint density at radius 2 is 1.61 bits per heavy atom. The van der Waals surface area contributed by atoms with Gasteiger partial charge in [0.2, 0.25) is 0 Å². The summed E-state index contributed by atoms with van der Waals surface area (Å²) in [7, 11) is -3.75. The molecule has 5 rings (SSSR count). The van der Waals surface area contributed by atoms with Crippen molar-refractivity contribution in [2.45, 2.75) is 89.6 Å². The minimum atomic E-state index is -3.75. The number of Topliss-reactive ketones (excluding diaryl/α,β-unsaturated/α-hetero) is 1. The molecule has 31 heavy (non-hydrogen) atoms. The molecule has 0 saturated heterocycles. The number of benzene rings is 1. The molecule has 0 heterocycles. The molecule has 4 aliphatic rings. The number of carbonyl (C=O) groups excluding carboxylic acids is 1. The third-order valence-electron chi connectivity index (χ3n) is 9.95. The van der Waals surface area contributed by atoms with E-state index in [9.17, 15) is 13.2 Å². The van der Waals surface area contributed by atoms with E-state index in [0.29, 0.717) is 29.5 Å². The topological polar surface area (TPSA) is 60.4 Å². The van der Waals surface area contributed by atoms with E-state index in [1.807, 2.05) is 19.1 Å². The molecule has 170 valence electrons. The standard InChI is InChI=1S/C26H36O4S/c1-17-4-7-20(8-5-17)31(28,29)30-24-11-10-22-21-9-6-18-16-19(27)12-14-25(18,2)23(21)13-15-26(22,24)3/h4-5,7-8,18,21-24H,6,9-16H2,1-3H3/t18-,21?,22?,23?,24-,25-,26-/m0/s1. The number of hydrogen-bond donors (Lipinski definition) is 0. The van der Waals surface area contributed by atoms with Crippen LogP contribution in [0, 0.1) is 41.4 Å². The summed E-state index contributed by atoms with van der Waals surface area (Å²) in [4.78, 5) is 12.4. The summed E-state index contributed by atoms with van der Waals surface area (Å²) in [6, 6.07) is 6.97. The zero-order valence-corrected chi connectivity index (χ0v) is 19.9. The van der Waals surface area contributed by atoms with Crippen LogP contribution in [-0.2, 0) is 19.1 Å². The summed E-state index contributed by atoms with van der Waals surface area (Å²) in [5, 5.41) is 0. The molecule has 4 aliphatic carbocycles. The lowest BCUT2D eigenvalue weighted by Crippen LogP contribution is -2.54. The van der Waals surface area contributed by atoms with Gasteiger partial charge in [-0.1, -0.05) is 31.5 Å². The van der Waals surface area contributed by atoms with Crippen molar-refractivity contribution in [1.82, 2.24) is 0 Å². The molecule has 0 aliphatic heterocycles. The number of fused-ring (bicyclic) bond motifs is 5. The predicted octanol–water partition coefficient (Wildman–Crippen LogP) is 5.68. The van der Waals surface area contributed by atoms with Crippen LogP contribution in [0.4, 0.5) is 0 Å². The summed E-state index contributed by atoms with van der Waals surface area (Å²) in [5.74, 6) is 2.85. The molecule has 0 bridgehead atoms. The normalized spacial score (nSPS) is 42.5. The zero-order chi connectivity index (χ0) is 22.0. The number of carbonyl (C=O) groups is 1. The van der Waals surface area contributed by atoms with E-state index in [0.717, 1.165) is 56.9 Å². The van der Waals surface area contributed by atoms with Crippen molar-refractivity contribution < 1.29 is 17.4 Å². The Kier molecular flexibility index (Phi) is 5.17. The maximum atomic E-state index is 13.0. The van der Waals surface area contributed by atoms with Crippen LogP contribution in [0.5, 0.6) is 0 Å². The average molecular weight is 445 g/mol. The van der Waals surface area contributed by atoms with Gasteiger partial charge in [-0.05, 0) is 98.5 Å². The molecular weight excluding hydrogens is 408 g/mol. The number of ketones is 1. The summed E-state index contributed by atoms with van der Waals surface area (Å²) in [6.07, 6.45) is 8.75. The van der Waals surface area contributed by atoms with E-state index in [1.165, 1.54) is 6.42 Å². The summed E-state index contributed by atoms with van der Waals surface area (Å²) in [6.45, 7) is 6.69. The quantitative estimate of drug-likeness (QED) is 0.563. The third kappa shape index (κ3) is 3.42. The first-order valence-corrected chi connectivity index (χ1v) is 13.6. The first-order chi connectivity index (χ1) is 14.6. The summed E-state index contributed by atoms with van der Waals surface area (Å²) in [5.41, 5.74) is 1.25. The van der Waals surface area contributed by atoms with Gasteiger partial charge in [-0.15, -0.1) is 0 Å². The van der Waals surface area contributed by atoms with Crippen LogP contribution in [-0.4, -0.2) is 20.3 Å². The van der Waals surface area contributed by atoms with Gasteiger partial charge in [0.25, 0.3) is 10.1 Å². The highest BCUT2D eigenvalue weighted by molar-refractivity contribution is 7.86. The Hall–Kier alpha value is -1.20. The Morgan fingerprint density at radius 1 is 0.903 bits per heavy atom. The van der Waals surface area contributed by atoms with Crippen molar-refractivity contribution in [2.24, 2.45) is 34.5 Å². The van der Waals surface area contributed by atoms with Gasteiger partial charge >= 0.3 is 0 Å². The van der Waals surface area contributed by atoms with Crippen LogP contribution >= 0.6 is 0 Å². The molecule has 1 aromatic rings. The van der Waals surface area contributed by atoms with E-state index in [2.05, 4.69) is 13.8 Å². The average Bonchev–Trinajstić information content (AvgIpc) is 3.04. The van der Waals surface area contributed by atoms with Crippen molar-refractivity contribution in [1.29, 1.82) is 0 Å². The van der Waals surface area contributed by atoms with Gasteiger partial charge < -0.3 is 0 Å². The monoisotopic (exact) mass is 444 g/mol. The summed E-state index contributed by atoms with van der Waals surface area (Å²) >= 11 is 0. The molecule has 5 heteroatoms. The van der Waals surface area contributed by atoms with Gasteiger partial charge in [0.1, 0.15) is 5.78 Å². The molecule has 4 saturated carbocycles. The Labute approximate surface area is 187 Å². The molecule has 7 atom stereocenters. The van der Waals surface area contributed by atoms with Crippen molar-refractivity contribution in [3.8, 4) is 0 Å². The minimum absolute atomic E-state index is 0.0768. The zero-order valence-electron chi connectivity index (χ0n) is 19.1. The van der Waals surface area contributed by atoms with Crippen LogP contribution < -0.4 is 0 Å². The lowest BCUT2D eigenvalue weighted by Gasteiger charge is -2.60. The minimum Gasteiger partial charge on any atom is -0.300 e. The first kappa shape index (κ1) is 21.6. The van der Waals surface area contributed by atoms with Gasteiger partial charge in [0, 0.05) is 12.8 Å². The Bertz CT molecular complexity index is 968. The van der Waals surface area contributed by atoms with Crippen molar-refractivity contribution >= 4 is 15.9 Å². The van der Waals surface area contributed by atoms with Gasteiger partial charge in [-0.3, -0.25) is 8.98 Å². The molecule has 0 amide bonds. The fourth-order valence-corrected chi connectivity index (χ4v) is 9.27. The van der Waals surface area contributed by atoms with Crippen LogP contribution in [0.15, 0.2) is 29.2 Å². The van der Waals surface area contributed by atoms with Crippen molar-refractivity contribution in [3.63, 3.8) is 0 Å². The van der Waals surface area contributed by atoms with Crippen LogP contribution in [0.1, 0.15) is 77.2 Å². The number of hydrogen-bond acceptors (Lipinski definition) is 4. The molecule has 1 aromatic carbocycles. The molecule has 0 spiro atoms. The van der Waals surface area contributed by atoms with E-state index in [-0.39, 0.29) is 21.8 Å². The van der Waals surface area contributed by atoms with Crippen LogP contribution in [0.2, 0.25) is 0 Å². The molecule has 4 nitrogen and oxygen atoms in total. The fraction of sp³-hybridized carbons (Fsp3) is 0.731. The molecule has 4 fully saturated rings. The Balaban J connectivity index is 1.37. The van der Waals surface area contributed by atoms with Crippen LogP contribution in [0.25, 0.3) is 0 Å². The second kappa shape index (κ2) is 7.41.